The molecular weight excluding hydrogens is 458 g/mol. The molecule has 33 heavy (non-hydrogen) atoms. The van der Waals surface area contributed by atoms with Crippen molar-refractivity contribution in [3.63, 3.8) is 0 Å². The Balaban J connectivity index is 1.41. The first-order chi connectivity index (χ1) is 15.9. The van der Waals surface area contributed by atoms with Crippen molar-refractivity contribution in [3.8, 4) is 0 Å². The van der Waals surface area contributed by atoms with Crippen molar-refractivity contribution in [1.82, 2.24) is 19.4 Å². The lowest BCUT2D eigenvalue weighted by atomic mass is 10.0. The van der Waals surface area contributed by atoms with E-state index in [0.29, 0.717) is 25.8 Å². The Bertz CT molecular complexity index is 1400. The Morgan fingerprint density at radius 1 is 1.21 bits per heavy atom. The van der Waals surface area contributed by atoms with Crippen LogP contribution in [0.3, 0.4) is 0 Å². The summed E-state index contributed by atoms with van der Waals surface area (Å²) in [5, 5.41) is 3.73. The second-order valence-corrected chi connectivity index (χ2v) is 10.3. The first kappa shape index (κ1) is 21.7. The molecule has 2 amide bonds. The fourth-order valence-corrected chi connectivity index (χ4v) is 6.17. The molecule has 1 aliphatic rings. The third-order valence-electron chi connectivity index (χ3n) is 6.07. The highest BCUT2D eigenvalue weighted by Crippen LogP contribution is 2.30. The van der Waals surface area contributed by atoms with E-state index in [4.69, 9.17) is 0 Å². The van der Waals surface area contributed by atoms with Gasteiger partial charge in [0.05, 0.1) is 26.8 Å². The lowest BCUT2D eigenvalue weighted by Gasteiger charge is -2.33. The number of carbonyl (C=O) groups excluding carboxylic acids is 2. The summed E-state index contributed by atoms with van der Waals surface area (Å²) < 4.78 is 2.33. The molecule has 0 bridgehead atoms. The summed E-state index contributed by atoms with van der Waals surface area (Å²) in [5.41, 5.74) is 1.09. The topological polar surface area (TPSA) is 97.2 Å². The van der Waals surface area contributed by atoms with Crippen LogP contribution in [0.1, 0.15) is 41.4 Å². The highest BCUT2D eigenvalue weighted by atomic mass is 32.1. The van der Waals surface area contributed by atoms with Crippen molar-refractivity contribution in [2.45, 2.75) is 45.7 Å². The van der Waals surface area contributed by atoms with E-state index in [1.165, 1.54) is 33.6 Å². The largest absolute Gasteiger partial charge is 0.338 e. The number of benzene rings is 1. The van der Waals surface area contributed by atoms with Crippen molar-refractivity contribution in [3.05, 3.63) is 51.4 Å². The van der Waals surface area contributed by atoms with Crippen LogP contribution in [0.5, 0.6) is 0 Å². The van der Waals surface area contributed by atoms with Crippen molar-refractivity contribution in [2.75, 3.05) is 11.9 Å². The monoisotopic (exact) mass is 481 g/mol. The van der Waals surface area contributed by atoms with Gasteiger partial charge in [0, 0.05) is 12.6 Å². The predicted octanol–water partition coefficient (Wildman–Crippen LogP) is 4.03. The van der Waals surface area contributed by atoms with Crippen LogP contribution < -0.4 is 10.9 Å². The van der Waals surface area contributed by atoms with E-state index < -0.39 is 0 Å². The number of fused-ring (bicyclic) bond motifs is 2. The minimum Gasteiger partial charge on any atom is -0.338 e. The number of thiophene rings is 1. The number of piperidine rings is 1. The number of thiazole rings is 1. The Labute approximate surface area is 197 Å². The molecule has 0 saturated carbocycles. The van der Waals surface area contributed by atoms with Gasteiger partial charge in [0.2, 0.25) is 5.91 Å². The van der Waals surface area contributed by atoms with E-state index in [9.17, 15) is 14.4 Å². The van der Waals surface area contributed by atoms with E-state index >= 15 is 0 Å². The van der Waals surface area contributed by atoms with Crippen molar-refractivity contribution >= 4 is 60.1 Å². The summed E-state index contributed by atoms with van der Waals surface area (Å²) in [5.74, 6) is -0.397. The molecule has 0 radical (unpaired) electrons. The minimum atomic E-state index is -0.321. The molecule has 1 atom stereocenters. The molecule has 1 saturated heterocycles. The fraction of sp³-hybridized carbons (Fsp3) is 0.348. The zero-order chi connectivity index (χ0) is 23.1. The van der Waals surface area contributed by atoms with Crippen LogP contribution in [0.25, 0.3) is 20.4 Å². The van der Waals surface area contributed by atoms with Gasteiger partial charge in [0.1, 0.15) is 11.4 Å². The fourth-order valence-electron chi connectivity index (χ4n) is 4.27. The molecule has 5 rings (SSSR count). The third kappa shape index (κ3) is 4.04. The van der Waals surface area contributed by atoms with Crippen LogP contribution in [0, 0.1) is 6.92 Å². The molecule has 170 valence electrons. The number of aryl methyl sites for hydroxylation is 1. The molecule has 4 heterocycles. The lowest BCUT2D eigenvalue weighted by molar-refractivity contribution is -0.135. The smallest absolute Gasteiger partial charge is 0.267 e. The number of hydrogen-bond donors (Lipinski definition) is 1. The van der Waals surface area contributed by atoms with Gasteiger partial charge in [-0.25, -0.2) is 9.97 Å². The highest BCUT2D eigenvalue weighted by molar-refractivity contribution is 7.23. The van der Waals surface area contributed by atoms with Crippen LogP contribution >= 0.6 is 22.7 Å². The standard InChI is InChI=1S/C23H23N5O3S2/c1-13-7-5-6-10-28(13)17(29)11-27-12-24-21-18(22(27)31)14(2)19(33-21)20(30)26-23-25-15-8-3-4-9-16(15)32-23/h3-4,8-9,12-13H,5-7,10-11H2,1-2H3,(H,25,26,30)/t13-/m0/s1. The SMILES string of the molecule is Cc1c(C(=O)Nc2nc3ccccc3s2)sc2ncn(CC(=O)N3CCCC[C@@H]3C)c(=O)c12. The van der Waals surface area contributed by atoms with E-state index in [1.54, 1.807) is 6.92 Å². The zero-order valence-corrected chi connectivity index (χ0v) is 20.0. The van der Waals surface area contributed by atoms with E-state index in [1.807, 2.05) is 36.1 Å². The Morgan fingerprint density at radius 2 is 2.03 bits per heavy atom. The molecule has 1 N–H and O–H groups in total. The Morgan fingerprint density at radius 3 is 2.82 bits per heavy atom. The number of rotatable bonds is 4. The van der Waals surface area contributed by atoms with Crippen LogP contribution in [-0.2, 0) is 11.3 Å². The highest BCUT2D eigenvalue weighted by Gasteiger charge is 2.25. The average Bonchev–Trinajstić information content (AvgIpc) is 3.36. The number of nitrogens with one attached hydrogen (secondary N) is 1. The number of anilines is 1. The molecular formula is C23H23N5O3S2. The normalized spacial score (nSPS) is 16.4. The maximum absolute atomic E-state index is 13.2. The summed E-state index contributed by atoms with van der Waals surface area (Å²) in [6.07, 6.45) is 4.49. The van der Waals surface area contributed by atoms with Gasteiger partial charge in [0.15, 0.2) is 5.13 Å². The first-order valence-electron chi connectivity index (χ1n) is 10.9. The molecule has 1 aromatic carbocycles. The first-order valence-corrected chi connectivity index (χ1v) is 12.5. The molecule has 0 aliphatic carbocycles. The van der Waals surface area contributed by atoms with Crippen molar-refractivity contribution < 1.29 is 9.59 Å². The van der Waals surface area contributed by atoms with Crippen molar-refractivity contribution in [1.29, 1.82) is 0 Å². The van der Waals surface area contributed by atoms with Gasteiger partial charge in [-0.15, -0.1) is 11.3 Å². The number of amides is 2. The average molecular weight is 482 g/mol. The number of likely N-dealkylation sites (tertiary alicyclic amines) is 1. The summed E-state index contributed by atoms with van der Waals surface area (Å²) in [7, 11) is 0. The minimum absolute atomic E-state index is 0.0470. The maximum Gasteiger partial charge on any atom is 0.267 e. The van der Waals surface area contributed by atoms with Gasteiger partial charge in [-0.1, -0.05) is 23.5 Å². The van der Waals surface area contributed by atoms with Crippen LogP contribution in [0.15, 0.2) is 35.4 Å². The van der Waals surface area contributed by atoms with Crippen LogP contribution in [-0.4, -0.2) is 43.8 Å². The predicted molar refractivity (Wildman–Crippen MR) is 131 cm³/mol. The van der Waals surface area contributed by atoms with Gasteiger partial charge < -0.3 is 4.90 Å². The van der Waals surface area contributed by atoms with Crippen LogP contribution in [0.2, 0.25) is 0 Å². The number of nitrogens with zero attached hydrogens (tertiary/aromatic N) is 4. The van der Waals surface area contributed by atoms with Crippen LogP contribution in [0.4, 0.5) is 5.13 Å². The van der Waals surface area contributed by atoms with E-state index in [0.717, 1.165) is 36.0 Å². The van der Waals surface area contributed by atoms with Gasteiger partial charge in [-0.05, 0) is 50.8 Å². The van der Waals surface area contributed by atoms with E-state index in [2.05, 4.69) is 15.3 Å². The number of para-hydroxylation sites is 1. The quantitative estimate of drug-likeness (QED) is 0.475. The number of hydrogen-bond acceptors (Lipinski definition) is 7. The van der Waals surface area contributed by atoms with Crippen molar-refractivity contribution in [2.24, 2.45) is 0 Å². The third-order valence-corrected chi connectivity index (χ3v) is 8.22. The summed E-state index contributed by atoms with van der Waals surface area (Å²) in [6, 6.07) is 7.85. The number of carbonyl (C=O) groups is 2. The number of aromatic nitrogens is 3. The van der Waals surface area contributed by atoms with Gasteiger partial charge in [0.25, 0.3) is 11.5 Å². The van der Waals surface area contributed by atoms with Gasteiger partial charge in [-0.2, -0.15) is 0 Å². The zero-order valence-electron chi connectivity index (χ0n) is 18.3. The maximum atomic E-state index is 13.2. The van der Waals surface area contributed by atoms with Gasteiger partial charge >= 0.3 is 0 Å². The van der Waals surface area contributed by atoms with E-state index in [-0.39, 0.29) is 30.0 Å². The molecule has 1 fully saturated rings. The van der Waals surface area contributed by atoms with Gasteiger partial charge in [-0.3, -0.25) is 24.3 Å². The summed E-state index contributed by atoms with van der Waals surface area (Å²) in [6.45, 7) is 4.46. The second kappa shape index (κ2) is 8.68. The Kier molecular flexibility index (Phi) is 5.71. The second-order valence-electron chi connectivity index (χ2n) is 8.29. The Hall–Kier alpha value is -3.11. The molecule has 4 aromatic rings. The summed E-state index contributed by atoms with van der Waals surface area (Å²) in [4.78, 5) is 50.5. The molecule has 3 aromatic heterocycles. The molecule has 0 spiro atoms. The molecule has 0 unspecified atom stereocenters. The molecule has 1 aliphatic heterocycles. The lowest BCUT2D eigenvalue weighted by Crippen LogP contribution is -2.44. The summed E-state index contributed by atoms with van der Waals surface area (Å²) >= 11 is 2.57. The molecule has 10 heteroatoms. The molecule has 8 nitrogen and oxygen atoms in total.